The molecule has 1 aromatic carbocycles. The van der Waals surface area contributed by atoms with Gasteiger partial charge in [0.25, 0.3) is 0 Å². The molecule has 0 saturated carbocycles. The molecule has 17 heavy (non-hydrogen) atoms. The fraction of sp³-hybridized carbons (Fsp3) is 0.538. The predicted molar refractivity (Wildman–Crippen MR) is 67.1 cm³/mol. The molecule has 0 bridgehead atoms. The third-order valence-electron chi connectivity index (χ3n) is 3.37. The van der Waals surface area contributed by atoms with Gasteiger partial charge in [0.05, 0.1) is 12.6 Å². The van der Waals surface area contributed by atoms with E-state index in [0.29, 0.717) is 5.75 Å². The fourth-order valence-electron chi connectivity index (χ4n) is 2.31. The van der Waals surface area contributed by atoms with Crippen molar-refractivity contribution in [2.75, 3.05) is 32.8 Å². The third kappa shape index (κ3) is 2.77. The Kier molecular flexibility index (Phi) is 3.99. The minimum atomic E-state index is 0.0383. The number of phenolic OH excluding ortho intramolecular Hbond substituents is 1. The first-order chi connectivity index (χ1) is 8.22. The summed E-state index contributed by atoms with van der Waals surface area (Å²) in [6.07, 6.45) is 0. The van der Waals surface area contributed by atoms with E-state index in [1.807, 2.05) is 19.1 Å². The van der Waals surface area contributed by atoms with Crippen LogP contribution in [0.5, 0.6) is 5.75 Å². The smallest absolute Gasteiger partial charge is 0.118 e. The highest BCUT2D eigenvalue weighted by atomic mass is 16.3. The van der Waals surface area contributed by atoms with E-state index in [0.717, 1.165) is 37.3 Å². The van der Waals surface area contributed by atoms with Gasteiger partial charge in [-0.25, -0.2) is 0 Å². The second kappa shape index (κ2) is 5.49. The number of nitrogens with zero attached hydrogens (tertiary/aromatic N) is 1. The van der Waals surface area contributed by atoms with E-state index in [4.69, 9.17) is 0 Å². The number of aryl methyl sites for hydroxylation is 1. The van der Waals surface area contributed by atoms with E-state index >= 15 is 0 Å². The van der Waals surface area contributed by atoms with Crippen molar-refractivity contribution in [1.82, 2.24) is 10.2 Å². The predicted octanol–water partition coefficient (Wildman–Crippen LogP) is 0.639. The maximum atomic E-state index is 9.57. The van der Waals surface area contributed by atoms with Gasteiger partial charge in [0.1, 0.15) is 5.75 Å². The summed E-state index contributed by atoms with van der Waals surface area (Å²) in [5.74, 6) is 0.311. The number of benzene rings is 1. The number of aromatic hydroxyl groups is 1. The van der Waals surface area contributed by atoms with Gasteiger partial charge >= 0.3 is 0 Å². The van der Waals surface area contributed by atoms with E-state index in [1.165, 1.54) is 0 Å². The molecule has 94 valence electrons. The van der Waals surface area contributed by atoms with Gasteiger partial charge in [-0.1, -0.05) is 12.1 Å². The van der Waals surface area contributed by atoms with Crippen LogP contribution < -0.4 is 5.32 Å². The molecule has 1 atom stereocenters. The average Bonchev–Trinajstić information content (AvgIpc) is 2.36. The van der Waals surface area contributed by atoms with Gasteiger partial charge in [-0.15, -0.1) is 0 Å². The Morgan fingerprint density at radius 3 is 2.65 bits per heavy atom. The zero-order valence-corrected chi connectivity index (χ0v) is 10.2. The molecular weight excluding hydrogens is 216 g/mol. The van der Waals surface area contributed by atoms with Gasteiger partial charge < -0.3 is 15.5 Å². The van der Waals surface area contributed by atoms with Gasteiger partial charge in [0.15, 0.2) is 0 Å². The molecule has 3 N–H and O–H groups in total. The minimum Gasteiger partial charge on any atom is -0.508 e. The molecule has 1 aromatic rings. The van der Waals surface area contributed by atoms with Crippen molar-refractivity contribution in [3.63, 3.8) is 0 Å². The highest BCUT2D eigenvalue weighted by molar-refractivity contribution is 5.36. The Hall–Kier alpha value is -1.10. The van der Waals surface area contributed by atoms with Crippen LogP contribution in [0.2, 0.25) is 0 Å². The summed E-state index contributed by atoms with van der Waals surface area (Å²) >= 11 is 0. The van der Waals surface area contributed by atoms with Crippen LogP contribution in [0.15, 0.2) is 18.2 Å². The lowest BCUT2D eigenvalue weighted by atomic mass is 10.0. The maximum absolute atomic E-state index is 9.57. The molecule has 0 amide bonds. The van der Waals surface area contributed by atoms with Crippen molar-refractivity contribution in [3.05, 3.63) is 29.3 Å². The van der Waals surface area contributed by atoms with Crippen LogP contribution in [0.4, 0.5) is 0 Å². The fourth-order valence-corrected chi connectivity index (χ4v) is 2.31. The third-order valence-corrected chi connectivity index (χ3v) is 3.37. The van der Waals surface area contributed by atoms with E-state index in [1.54, 1.807) is 6.07 Å². The number of nitrogens with one attached hydrogen (secondary N) is 1. The van der Waals surface area contributed by atoms with E-state index in [9.17, 15) is 10.2 Å². The minimum absolute atomic E-state index is 0.0383. The molecule has 0 unspecified atom stereocenters. The van der Waals surface area contributed by atoms with Crippen molar-refractivity contribution in [1.29, 1.82) is 0 Å². The van der Waals surface area contributed by atoms with Crippen LogP contribution in [0.1, 0.15) is 17.2 Å². The van der Waals surface area contributed by atoms with E-state index in [2.05, 4.69) is 10.2 Å². The average molecular weight is 236 g/mol. The van der Waals surface area contributed by atoms with Crippen LogP contribution in [-0.4, -0.2) is 47.9 Å². The highest BCUT2D eigenvalue weighted by Crippen LogP contribution is 2.25. The summed E-state index contributed by atoms with van der Waals surface area (Å²) in [5, 5.41) is 22.4. The second-order valence-corrected chi connectivity index (χ2v) is 4.53. The van der Waals surface area contributed by atoms with E-state index < -0.39 is 0 Å². The Balaban J connectivity index is 2.18. The monoisotopic (exact) mass is 236 g/mol. The zero-order chi connectivity index (χ0) is 12.3. The number of hydrogen-bond donors (Lipinski definition) is 3. The molecule has 0 radical (unpaired) electrons. The largest absolute Gasteiger partial charge is 0.508 e. The van der Waals surface area contributed by atoms with Crippen LogP contribution in [-0.2, 0) is 0 Å². The molecule has 0 aromatic heterocycles. The van der Waals surface area contributed by atoms with Gasteiger partial charge in [0.2, 0.25) is 0 Å². The van der Waals surface area contributed by atoms with Crippen molar-refractivity contribution in [3.8, 4) is 5.75 Å². The number of aliphatic hydroxyl groups is 1. The number of phenols is 1. The lowest BCUT2D eigenvalue weighted by Gasteiger charge is -2.34. The normalized spacial score (nSPS) is 19.2. The summed E-state index contributed by atoms with van der Waals surface area (Å²) in [6.45, 7) is 5.83. The lowest BCUT2D eigenvalue weighted by molar-refractivity contribution is 0.111. The first-order valence-electron chi connectivity index (χ1n) is 6.07. The van der Waals surface area contributed by atoms with Gasteiger partial charge in [-0.2, -0.15) is 0 Å². The molecular formula is C13H20N2O2. The molecule has 1 saturated heterocycles. The number of rotatable bonds is 3. The second-order valence-electron chi connectivity index (χ2n) is 4.53. The van der Waals surface area contributed by atoms with Crippen LogP contribution >= 0.6 is 0 Å². The van der Waals surface area contributed by atoms with Crippen molar-refractivity contribution < 1.29 is 10.2 Å². The highest BCUT2D eigenvalue weighted by Gasteiger charge is 2.21. The molecule has 2 rings (SSSR count). The van der Waals surface area contributed by atoms with Crippen LogP contribution in [0.25, 0.3) is 0 Å². The molecule has 4 nitrogen and oxygen atoms in total. The summed E-state index contributed by atoms with van der Waals surface area (Å²) in [7, 11) is 0. The van der Waals surface area contributed by atoms with Crippen LogP contribution in [0, 0.1) is 6.92 Å². The van der Waals surface area contributed by atoms with E-state index in [-0.39, 0.29) is 12.6 Å². The molecule has 1 aliphatic heterocycles. The first kappa shape index (κ1) is 12.4. The maximum Gasteiger partial charge on any atom is 0.118 e. The molecule has 4 heteroatoms. The number of hydrogen-bond acceptors (Lipinski definition) is 4. The van der Waals surface area contributed by atoms with Crippen molar-refractivity contribution >= 4 is 0 Å². The standard InChI is InChI=1S/C13H20N2O2/c1-10-8-11(2-3-13(10)17)12(9-16)15-6-4-14-5-7-15/h2-3,8,12,14,16-17H,4-7,9H2,1H3/t12-/m1/s1. The van der Waals surface area contributed by atoms with Gasteiger partial charge in [-0.05, 0) is 24.1 Å². The van der Waals surface area contributed by atoms with Crippen molar-refractivity contribution in [2.24, 2.45) is 0 Å². The van der Waals surface area contributed by atoms with Crippen LogP contribution in [0.3, 0.4) is 0 Å². The van der Waals surface area contributed by atoms with Crippen molar-refractivity contribution in [2.45, 2.75) is 13.0 Å². The quantitative estimate of drug-likeness (QED) is 0.721. The Bertz CT molecular complexity index is 376. The Morgan fingerprint density at radius 2 is 2.06 bits per heavy atom. The summed E-state index contributed by atoms with van der Waals surface area (Å²) in [5.41, 5.74) is 1.93. The zero-order valence-electron chi connectivity index (χ0n) is 10.2. The Labute approximate surface area is 102 Å². The topological polar surface area (TPSA) is 55.7 Å². The summed E-state index contributed by atoms with van der Waals surface area (Å²) in [4.78, 5) is 2.28. The molecule has 1 fully saturated rings. The van der Waals surface area contributed by atoms with Gasteiger partial charge in [-0.3, -0.25) is 4.90 Å². The molecule has 0 spiro atoms. The molecule has 0 aliphatic carbocycles. The summed E-state index contributed by atoms with van der Waals surface area (Å²) < 4.78 is 0. The molecule has 1 aliphatic rings. The first-order valence-corrected chi connectivity index (χ1v) is 6.07. The van der Waals surface area contributed by atoms with Gasteiger partial charge in [0, 0.05) is 26.2 Å². The summed E-state index contributed by atoms with van der Waals surface area (Å²) in [6, 6.07) is 5.59. The SMILES string of the molecule is Cc1cc([C@@H](CO)N2CCNCC2)ccc1O. The number of aliphatic hydroxyl groups excluding tert-OH is 1. The molecule has 1 heterocycles. The number of piperazine rings is 1. The lowest BCUT2D eigenvalue weighted by Crippen LogP contribution is -2.46. The Morgan fingerprint density at radius 1 is 1.35 bits per heavy atom.